The Kier molecular flexibility index (Phi) is 6.46. The second kappa shape index (κ2) is 8.84. The van der Waals surface area contributed by atoms with Crippen LogP contribution >= 0.6 is 15.9 Å². The summed E-state index contributed by atoms with van der Waals surface area (Å²) in [5.74, 6) is -1.21. The molecule has 2 aromatic carbocycles. The van der Waals surface area contributed by atoms with Crippen LogP contribution in [0.5, 0.6) is 0 Å². The molecular weight excluding hydrogens is 427 g/mol. The molecule has 7 heteroatoms. The summed E-state index contributed by atoms with van der Waals surface area (Å²) in [5, 5.41) is 2.92. The van der Waals surface area contributed by atoms with Crippen molar-refractivity contribution in [3.63, 3.8) is 0 Å². The van der Waals surface area contributed by atoms with Crippen molar-refractivity contribution < 1.29 is 18.7 Å². The van der Waals surface area contributed by atoms with E-state index in [1.165, 1.54) is 19.2 Å². The SMILES string of the molecule is COC(=O)[C@@H]1C[C@H](C(=O)NCc2ccc(F)cc2)[C@H](c2ccc(Br)cc2)N1C. The maximum absolute atomic E-state index is 13.1. The van der Waals surface area contributed by atoms with Gasteiger partial charge < -0.3 is 10.1 Å². The first kappa shape index (κ1) is 20.5. The predicted octanol–water partition coefficient (Wildman–Crippen LogP) is 3.44. The molecule has 1 heterocycles. The van der Waals surface area contributed by atoms with Gasteiger partial charge in [0.25, 0.3) is 0 Å². The third-order valence-electron chi connectivity index (χ3n) is 5.19. The van der Waals surface area contributed by atoms with Crippen LogP contribution < -0.4 is 5.32 Å². The van der Waals surface area contributed by atoms with Gasteiger partial charge in [-0.2, -0.15) is 0 Å². The van der Waals surface area contributed by atoms with Gasteiger partial charge in [-0.1, -0.05) is 40.2 Å². The van der Waals surface area contributed by atoms with Crippen molar-refractivity contribution in [3.8, 4) is 0 Å². The van der Waals surface area contributed by atoms with E-state index in [4.69, 9.17) is 4.74 Å². The molecule has 148 valence electrons. The number of hydrogen-bond acceptors (Lipinski definition) is 4. The number of halogens is 2. The maximum Gasteiger partial charge on any atom is 0.323 e. The Morgan fingerprint density at radius 1 is 1.18 bits per heavy atom. The van der Waals surface area contributed by atoms with E-state index < -0.39 is 12.0 Å². The third kappa shape index (κ3) is 4.42. The van der Waals surface area contributed by atoms with E-state index in [1.807, 2.05) is 36.2 Å². The number of carbonyl (C=O) groups is 2. The molecule has 3 rings (SSSR count). The minimum atomic E-state index is -0.486. The van der Waals surface area contributed by atoms with E-state index in [0.717, 1.165) is 15.6 Å². The number of hydrogen-bond donors (Lipinski definition) is 1. The monoisotopic (exact) mass is 448 g/mol. The molecule has 2 aromatic rings. The summed E-state index contributed by atoms with van der Waals surface area (Å²) in [6.07, 6.45) is 0.374. The molecule has 5 nitrogen and oxygen atoms in total. The first-order valence-corrected chi connectivity index (χ1v) is 9.77. The van der Waals surface area contributed by atoms with Crippen molar-refractivity contribution in [1.29, 1.82) is 0 Å². The average molecular weight is 449 g/mol. The number of benzene rings is 2. The highest BCUT2D eigenvalue weighted by Gasteiger charge is 2.46. The highest BCUT2D eigenvalue weighted by Crippen LogP contribution is 2.40. The summed E-state index contributed by atoms with van der Waals surface area (Å²) in [4.78, 5) is 27.1. The highest BCUT2D eigenvalue weighted by atomic mass is 79.9. The molecular formula is C21H22BrFN2O3. The van der Waals surface area contributed by atoms with Gasteiger partial charge in [-0.05, 0) is 48.9 Å². The zero-order valence-electron chi connectivity index (χ0n) is 15.7. The van der Waals surface area contributed by atoms with Gasteiger partial charge in [0.05, 0.1) is 13.0 Å². The lowest BCUT2D eigenvalue weighted by Gasteiger charge is -2.27. The van der Waals surface area contributed by atoms with Gasteiger partial charge in [-0.3, -0.25) is 14.5 Å². The molecule has 0 bridgehead atoms. The molecule has 0 unspecified atom stereocenters. The van der Waals surface area contributed by atoms with Crippen LogP contribution in [-0.2, 0) is 20.9 Å². The number of likely N-dealkylation sites (tertiary alicyclic amines) is 1. The van der Waals surface area contributed by atoms with Crippen molar-refractivity contribution in [3.05, 3.63) is 69.9 Å². The predicted molar refractivity (Wildman–Crippen MR) is 107 cm³/mol. The van der Waals surface area contributed by atoms with Crippen LogP contribution in [0.4, 0.5) is 4.39 Å². The Balaban J connectivity index is 1.80. The molecule has 0 aliphatic carbocycles. The number of ether oxygens (including phenoxy) is 1. The highest BCUT2D eigenvalue weighted by molar-refractivity contribution is 9.10. The second-order valence-electron chi connectivity index (χ2n) is 6.89. The zero-order chi connectivity index (χ0) is 20.3. The fourth-order valence-electron chi connectivity index (χ4n) is 3.71. The van der Waals surface area contributed by atoms with Crippen molar-refractivity contribution in [2.24, 2.45) is 5.92 Å². The number of carbonyl (C=O) groups excluding carboxylic acids is 2. The third-order valence-corrected chi connectivity index (χ3v) is 5.72. The molecule has 0 aromatic heterocycles. The van der Waals surface area contributed by atoms with E-state index in [1.54, 1.807) is 12.1 Å². The molecule has 1 N–H and O–H groups in total. The summed E-state index contributed by atoms with van der Waals surface area (Å²) in [5.41, 5.74) is 1.77. The quantitative estimate of drug-likeness (QED) is 0.711. The average Bonchev–Trinajstić information content (AvgIpc) is 3.04. The lowest BCUT2D eigenvalue weighted by Crippen LogP contribution is -2.36. The summed E-state index contributed by atoms with van der Waals surface area (Å²) in [6, 6.07) is 13.0. The van der Waals surface area contributed by atoms with Gasteiger partial charge in [-0.15, -0.1) is 0 Å². The lowest BCUT2D eigenvalue weighted by atomic mass is 9.92. The number of likely N-dealkylation sites (N-methyl/N-ethyl adjacent to an activating group) is 1. The van der Waals surface area contributed by atoms with Gasteiger partial charge in [0.15, 0.2) is 0 Å². The zero-order valence-corrected chi connectivity index (χ0v) is 17.3. The molecule has 1 fully saturated rings. The molecule has 1 saturated heterocycles. The van der Waals surface area contributed by atoms with E-state index in [0.29, 0.717) is 13.0 Å². The largest absolute Gasteiger partial charge is 0.468 e. The summed E-state index contributed by atoms with van der Waals surface area (Å²) in [7, 11) is 3.19. The van der Waals surface area contributed by atoms with Crippen LogP contribution in [0.3, 0.4) is 0 Å². The fraction of sp³-hybridized carbons (Fsp3) is 0.333. The number of methoxy groups -OCH3 is 1. The van der Waals surface area contributed by atoms with Crippen LogP contribution in [0.2, 0.25) is 0 Å². The minimum Gasteiger partial charge on any atom is -0.468 e. The van der Waals surface area contributed by atoms with Crippen LogP contribution in [-0.4, -0.2) is 37.0 Å². The molecule has 0 spiro atoms. The first-order chi connectivity index (χ1) is 13.4. The van der Waals surface area contributed by atoms with Crippen molar-refractivity contribution >= 4 is 27.8 Å². The lowest BCUT2D eigenvalue weighted by molar-refractivity contribution is -0.145. The Labute approximate surface area is 172 Å². The van der Waals surface area contributed by atoms with Gasteiger partial charge in [0, 0.05) is 17.1 Å². The number of nitrogens with zero attached hydrogens (tertiary/aromatic N) is 1. The number of nitrogens with one attached hydrogen (secondary N) is 1. The summed E-state index contributed by atoms with van der Waals surface area (Å²) in [6.45, 7) is 0.301. The van der Waals surface area contributed by atoms with E-state index in [9.17, 15) is 14.0 Å². The van der Waals surface area contributed by atoms with Crippen LogP contribution in [0.15, 0.2) is 53.0 Å². The minimum absolute atomic E-state index is 0.143. The molecule has 0 radical (unpaired) electrons. The van der Waals surface area contributed by atoms with Crippen molar-refractivity contribution in [1.82, 2.24) is 10.2 Å². The summed E-state index contributed by atoms with van der Waals surface area (Å²) >= 11 is 3.42. The van der Waals surface area contributed by atoms with Crippen LogP contribution in [0.25, 0.3) is 0 Å². The van der Waals surface area contributed by atoms with Gasteiger partial charge in [0.1, 0.15) is 11.9 Å². The standard InChI is InChI=1S/C21H22BrFN2O3/c1-25-18(21(27)28-2)11-17(19(25)14-5-7-15(22)8-6-14)20(26)24-12-13-3-9-16(23)10-4-13/h3-10,17-19H,11-12H2,1-2H3,(H,24,26)/t17-,18-,19-/m0/s1. The smallest absolute Gasteiger partial charge is 0.323 e. The number of amides is 1. The van der Waals surface area contributed by atoms with E-state index in [2.05, 4.69) is 21.2 Å². The molecule has 3 atom stereocenters. The maximum atomic E-state index is 13.1. The molecule has 1 amide bonds. The van der Waals surface area contributed by atoms with E-state index >= 15 is 0 Å². The Morgan fingerprint density at radius 2 is 1.82 bits per heavy atom. The molecule has 28 heavy (non-hydrogen) atoms. The fourth-order valence-corrected chi connectivity index (χ4v) is 3.98. The normalized spacial score (nSPS) is 22.1. The first-order valence-electron chi connectivity index (χ1n) is 8.98. The van der Waals surface area contributed by atoms with Gasteiger partial charge >= 0.3 is 5.97 Å². The van der Waals surface area contributed by atoms with Gasteiger partial charge in [-0.25, -0.2) is 4.39 Å². The topological polar surface area (TPSA) is 58.6 Å². The Bertz CT molecular complexity index is 842. The Morgan fingerprint density at radius 3 is 2.43 bits per heavy atom. The Hall–Kier alpha value is -2.25. The van der Waals surface area contributed by atoms with Crippen LogP contribution in [0.1, 0.15) is 23.6 Å². The van der Waals surface area contributed by atoms with E-state index in [-0.39, 0.29) is 23.7 Å². The molecule has 0 saturated carbocycles. The number of esters is 1. The van der Waals surface area contributed by atoms with Crippen LogP contribution in [0, 0.1) is 11.7 Å². The molecule has 1 aliphatic heterocycles. The van der Waals surface area contributed by atoms with Crippen molar-refractivity contribution in [2.45, 2.75) is 25.0 Å². The van der Waals surface area contributed by atoms with Gasteiger partial charge in [0.2, 0.25) is 5.91 Å². The summed E-state index contributed by atoms with van der Waals surface area (Å²) < 4.78 is 18.9. The molecule has 1 aliphatic rings. The second-order valence-corrected chi connectivity index (χ2v) is 7.80. The van der Waals surface area contributed by atoms with Crippen molar-refractivity contribution in [2.75, 3.05) is 14.2 Å². The number of rotatable bonds is 5.